The summed E-state index contributed by atoms with van der Waals surface area (Å²) in [6.07, 6.45) is 3.40. The molecule has 5 aromatic rings. The molecular formula is C24H18ClN3O3. The minimum Gasteiger partial charge on any atom is -0.497 e. The highest BCUT2D eigenvalue weighted by molar-refractivity contribution is 6.31. The average Bonchev–Trinajstić information content (AvgIpc) is 3.38. The number of benzene rings is 3. The molecule has 3 aromatic carbocycles. The van der Waals surface area contributed by atoms with Gasteiger partial charge in [-0.2, -0.15) is 0 Å². The molecule has 31 heavy (non-hydrogen) atoms. The lowest BCUT2D eigenvalue weighted by molar-refractivity contribution is 0.0975. The standard InChI is InChI=1S/C24H18ClN3O3/c1-30-16-3-5-17(6-4-16)31-18-7-8-19-20(12-26-21(19)11-18)24(29)13-28-14-27-22-10-15(25)2-9-23(22)28/h2-12,14,26H,13H2,1H3. The number of hydrogen-bond donors (Lipinski definition) is 1. The summed E-state index contributed by atoms with van der Waals surface area (Å²) in [6.45, 7) is 0.190. The summed E-state index contributed by atoms with van der Waals surface area (Å²) >= 11 is 6.02. The van der Waals surface area contributed by atoms with E-state index in [1.165, 1.54) is 0 Å². The first-order valence-electron chi connectivity index (χ1n) is 9.67. The van der Waals surface area contributed by atoms with Gasteiger partial charge in [0.05, 0.1) is 31.0 Å². The maximum Gasteiger partial charge on any atom is 0.184 e. The number of halogens is 1. The SMILES string of the molecule is COc1ccc(Oc2ccc3c(C(=O)Cn4cnc5cc(Cl)ccc54)c[nH]c3c2)cc1. The molecule has 0 atom stereocenters. The average molecular weight is 432 g/mol. The summed E-state index contributed by atoms with van der Waals surface area (Å²) in [7, 11) is 1.62. The van der Waals surface area contributed by atoms with Gasteiger partial charge in [0, 0.05) is 33.8 Å². The molecule has 0 aliphatic carbocycles. The fourth-order valence-electron chi connectivity index (χ4n) is 3.58. The van der Waals surface area contributed by atoms with Crippen molar-refractivity contribution in [2.45, 2.75) is 6.54 Å². The Morgan fingerprint density at radius 3 is 2.61 bits per heavy atom. The number of carbonyl (C=O) groups is 1. The Morgan fingerprint density at radius 2 is 1.81 bits per heavy atom. The molecule has 0 radical (unpaired) electrons. The van der Waals surface area contributed by atoms with Gasteiger partial charge < -0.3 is 19.0 Å². The van der Waals surface area contributed by atoms with E-state index in [0.717, 1.165) is 27.7 Å². The number of H-pyrrole nitrogens is 1. The number of methoxy groups -OCH3 is 1. The number of aromatic nitrogens is 3. The molecule has 0 aliphatic rings. The fraction of sp³-hybridized carbons (Fsp3) is 0.0833. The second-order valence-electron chi connectivity index (χ2n) is 7.12. The van der Waals surface area contributed by atoms with Crippen LogP contribution in [0.5, 0.6) is 17.2 Å². The molecule has 0 aliphatic heterocycles. The lowest BCUT2D eigenvalue weighted by Crippen LogP contribution is -2.09. The Balaban J connectivity index is 1.38. The highest BCUT2D eigenvalue weighted by Gasteiger charge is 2.15. The van der Waals surface area contributed by atoms with Gasteiger partial charge in [-0.1, -0.05) is 11.6 Å². The number of imidazole rings is 1. The van der Waals surface area contributed by atoms with Crippen molar-refractivity contribution in [3.05, 3.63) is 83.8 Å². The van der Waals surface area contributed by atoms with Crippen molar-refractivity contribution in [1.29, 1.82) is 0 Å². The Bertz CT molecular complexity index is 1400. The van der Waals surface area contributed by atoms with Crippen LogP contribution >= 0.6 is 11.6 Å². The first-order chi connectivity index (χ1) is 15.1. The topological polar surface area (TPSA) is 69.1 Å². The zero-order chi connectivity index (χ0) is 21.4. The molecule has 1 N–H and O–H groups in total. The van der Waals surface area contributed by atoms with Gasteiger partial charge in [0.15, 0.2) is 5.78 Å². The summed E-state index contributed by atoms with van der Waals surface area (Å²) in [5.74, 6) is 2.14. The van der Waals surface area contributed by atoms with Crippen LogP contribution in [0.1, 0.15) is 10.4 Å². The molecule has 0 unspecified atom stereocenters. The van der Waals surface area contributed by atoms with Crippen LogP contribution < -0.4 is 9.47 Å². The number of nitrogens with zero attached hydrogens (tertiary/aromatic N) is 2. The number of hydrogen-bond acceptors (Lipinski definition) is 4. The number of Topliss-reactive ketones (excluding diaryl/α,β-unsaturated/α-hetero) is 1. The molecule has 6 nitrogen and oxygen atoms in total. The fourth-order valence-corrected chi connectivity index (χ4v) is 3.75. The molecule has 5 rings (SSSR count). The van der Waals surface area contributed by atoms with Crippen molar-refractivity contribution in [3.63, 3.8) is 0 Å². The van der Waals surface area contributed by atoms with Crippen LogP contribution in [-0.2, 0) is 6.54 Å². The second kappa shape index (κ2) is 7.81. The van der Waals surface area contributed by atoms with Crippen molar-refractivity contribution in [1.82, 2.24) is 14.5 Å². The number of ether oxygens (including phenoxy) is 2. The molecule has 0 fully saturated rings. The molecule has 0 saturated carbocycles. The summed E-state index contributed by atoms with van der Waals surface area (Å²) < 4.78 is 12.9. The Morgan fingerprint density at radius 1 is 1.03 bits per heavy atom. The first-order valence-corrected chi connectivity index (χ1v) is 10.0. The third-order valence-corrected chi connectivity index (χ3v) is 5.38. The van der Waals surface area contributed by atoms with E-state index < -0.39 is 0 Å². The Labute approximate surface area is 183 Å². The molecule has 0 amide bonds. The van der Waals surface area contributed by atoms with E-state index in [1.807, 2.05) is 53.1 Å². The van der Waals surface area contributed by atoms with Crippen LogP contribution in [-0.4, -0.2) is 27.4 Å². The van der Waals surface area contributed by atoms with E-state index in [1.54, 1.807) is 31.8 Å². The van der Waals surface area contributed by atoms with E-state index in [0.29, 0.717) is 22.1 Å². The number of ketones is 1. The van der Waals surface area contributed by atoms with Crippen molar-refractivity contribution in [2.75, 3.05) is 7.11 Å². The first kappa shape index (κ1) is 19.2. The predicted molar refractivity (Wildman–Crippen MR) is 120 cm³/mol. The van der Waals surface area contributed by atoms with Crippen molar-refractivity contribution in [2.24, 2.45) is 0 Å². The van der Waals surface area contributed by atoms with E-state index in [-0.39, 0.29) is 12.3 Å². The van der Waals surface area contributed by atoms with Gasteiger partial charge in [-0.3, -0.25) is 4.79 Å². The van der Waals surface area contributed by atoms with Gasteiger partial charge in [0.1, 0.15) is 17.2 Å². The molecule has 7 heteroatoms. The number of fused-ring (bicyclic) bond motifs is 2. The monoisotopic (exact) mass is 431 g/mol. The quantitative estimate of drug-likeness (QED) is 0.342. The van der Waals surface area contributed by atoms with Gasteiger partial charge >= 0.3 is 0 Å². The third kappa shape index (κ3) is 3.73. The lowest BCUT2D eigenvalue weighted by atomic mass is 10.1. The number of carbonyl (C=O) groups excluding carboxylic acids is 1. The summed E-state index contributed by atoms with van der Waals surface area (Å²) in [6, 6.07) is 18.4. The minimum absolute atomic E-state index is 0.00989. The number of aromatic amines is 1. The maximum atomic E-state index is 13.0. The van der Waals surface area contributed by atoms with Gasteiger partial charge in [0.25, 0.3) is 0 Å². The van der Waals surface area contributed by atoms with E-state index in [4.69, 9.17) is 21.1 Å². The zero-order valence-electron chi connectivity index (χ0n) is 16.6. The highest BCUT2D eigenvalue weighted by Crippen LogP contribution is 2.29. The largest absolute Gasteiger partial charge is 0.497 e. The molecular weight excluding hydrogens is 414 g/mol. The van der Waals surface area contributed by atoms with Crippen molar-refractivity contribution in [3.8, 4) is 17.2 Å². The van der Waals surface area contributed by atoms with Crippen LogP contribution in [0.4, 0.5) is 0 Å². The number of nitrogens with one attached hydrogen (secondary N) is 1. The predicted octanol–water partition coefficient (Wildman–Crippen LogP) is 5.85. The third-order valence-electron chi connectivity index (χ3n) is 5.15. The van der Waals surface area contributed by atoms with Gasteiger partial charge in [-0.25, -0.2) is 4.98 Å². The molecule has 0 saturated heterocycles. The summed E-state index contributed by atoms with van der Waals surface area (Å²) in [5, 5.41) is 1.47. The van der Waals surface area contributed by atoms with Crippen LogP contribution in [0, 0.1) is 0 Å². The molecule has 2 aromatic heterocycles. The Kier molecular flexibility index (Phi) is 4.84. The van der Waals surface area contributed by atoms with Crippen LogP contribution in [0.3, 0.4) is 0 Å². The van der Waals surface area contributed by atoms with Gasteiger partial charge in [0.2, 0.25) is 0 Å². The zero-order valence-corrected chi connectivity index (χ0v) is 17.4. The van der Waals surface area contributed by atoms with E-state index in [2.05, 4.69) is 9.97 Å². The van der Waals surface area contributed by atoms with Crippen molar-refractivity contribution < 1.29 is 14.3 Å². The van der Waals surface area contributed by atoms with Crippen LogP contribution in [0.25, 0.3) is 21.9 Å². The van der Waals surface area contributed by atoms with Gasteiger partial charge in [-0.05, 0) is 54.6 Å². The van der Waals surface area contributed by atoms with Crippen LogP contribution in [0.15, 0.2) is 73.2 Å². The second-order valence-corrected chi connectivity index (χ2v) is 7.55. The lowest BCUT2D eigenvalue weighted by Gasteiger charge is -2.07. The minimum atomic E-state index is -0.00989. The van der Waals surface area contributed by atoms with Gasteiger partial charge in [-0.15, -0.1) is 0 Å². The molecule has 0 bridgehead atoms. The highest BCUT2D eigenvalue weighted by atomic mass is 35.5. The summed E-state index contributed by atoms with van der Waals surface area (Å²) in [5.41, 5.74) is 3.09. The molecule has 2 heterocycles. The normalized spacial score (nSPS) is 11.2. The van der Waals surface area contributed by atoms with Crippen LogP contribution in [0.2, 0.25) is 5.02 Å². The Hall–Kier alpha value is -3.77. The number of rotatable bonds is 6. The van der Waals surface area contributed by atoms with Crippen molar-refractivity contribution >= 4 is 39.3 Å². The molecule has 0 spiro atoms. The summed E-state index contributed by atoms with van der Waals surface area (Å²) in [4.78, 5) is 20.5. The molecule has 154 valence electrons. The van der Waals surface area contributed by atoms with E-state index >= 15 is 0 Å². The van der Waals surface area contributed by atoms with E-state index in [9.17, 15) is 4.79 Å². The maximum absolute atomic E-state index is 13.0. The smallest absolute Gasteiger partial charge is 0.184 e.